The number of ether oxygens (including phenoxy) is 1. The third kappa shape index (κ3) is 2.39. The molecule has 0 aliphatic carbocycles. The third-order valence-corrected chi connectivity index (χ3v) is 3.39. The summed E-state index contributed by atoms with van der Waals surface area (Å²) in [5, 5.41) is 0. The Morgan fingerprint density at radius 2 is 2.29 bits per heavy atom. The topological polar surface area (TPSA) is 26.3 Å². The molecule has 1 aliphatic heterocycles. The first-order chi connectivity index (χ1) is 8.13. The molecule has 0 bridgehead atoms. The molecule has 1 aliphatic rings. The Morgan fingerprint density at radius 3 is 2.94 bits per heavy atom. The largest absolute Gasteiger partial charge is 0.377 e. The molecule has 1 aromatic carbocycles. The van der Waals surface area contributed by atoms with Crippen molar-refractivity contribution in [2.45, 2.75) is 32.8 Å². The van der Waals surface area contributed by atoms with Crippen LogP contribution in [-0.2, 0) is 4.74 Å². The highest BCUT2D eigenvalue weighted by Gasteiger charge is 2.33. The van der Waals surface area contributed by atoms with Crippen LogP contribution >= 0.6 is 0 Å². The molecule has 17 heavy (non-hydrogen) atoms. The van der Waals surface area contributed by atoms with Gasteiger partial charge >= 0.3 is 0 Å². The smallest absolute Gasteiger partial charge is 0.168 e. The first kappa shape index (κ1) is 12.2. The molecule has 0 radical (unpaired) electrons. The molecular formula is C14H17FO2. The molecule has 1 aromatic rings. The first-order valence-corrected chi connectivity index (χ1v) is 6.05. The molecule has 1 fully saturated rings. The van der Waals surface area contributed by atoms with E-state index in [0.29, 0.717) is 17.7 Å². The lowest BCUT2D eigenvalue weighted by atomic mass is 9.90. The molecule has 1 heterocycles. The zero-order valence-corrected chi connectivity index (χ0v) is 10.2. The lowest BCUT2D eigenvalue weighted by Crippen LogP contribution is -2.23. The van der Waals surface area contributed by atoms with Gasteiger partial charge in [-0.3, -0.25) is 4.79 Å². The number of halogens is 1. The van der Waals surface area contributed by atoms with E-state index < -0.39 is 0 Å². The fraction of sp³-hybridized carbons (Fsp3) is 0.500. The fourth-order valence-corrected chi connectivity index (χ4v) is 2.36. The molecule has 2 atom stereocenters. The molecule has 3 heteroatoms. The van der Waals surface area contributed by atoms with Crippen LogP contribution < -0.4 is 0 Å². The second kappa shape index (κ2) is 4.96. The minimum Gasteiger partial charge on any atom is -0.377 e. The molecule has 2 unspecified atom stereocenters. The van der Waals surface area contributed by atoms with Gasteiger partial charge in [0, 0.05) is 12.2 Å². The number of carbonyl (C=O) groups is 1. The van der Waals surface area contributed by atoms with E-state index in [1.54, 1.807) is 19.1 Å². The van der Waals surface area contributed by atoms with Gasteiger partial charge in [0.2, 0.25) is 0 Å². The van der Waals surface area contributed by atoms with Crippen molar-refractivity contribution in [3.63, 3.8) is 0 Å². The van der Waals surface area contributed by atoms with Crippen molar-refractivity contribution in [1.29, 1.82) is 0 Å². The second-order valence-corrected chi connectivity index (χ2v) is 4.54. The van der Waals surface area contributed by atoms with Gasteiger partial charge in [0.05, 0.1) is 12.0 Å². The third-order valence-electron chi connectivity index (χ3n) is 3.39. The molecule has 0 saturated carbocycles. The zero-order valence-electron chi connectivity index (χ0n) is 10.2. The van der Waals surface area contributed by atoms with Gasteiger partial charge in [0.25, 0.3) is 0 Å². The Labute approximate surface area is 101 Å². The summed E-state index contributed by atoms with van der Waals surface area (Å²) in [6, 6.07) is 4.55. The number of aryl methyl sites for hydroxylation is 1. The summed E-state index contributed by atoms with van der Waals surface area (Å²) in [7, 11) is 0. The standard InChI is InChI=1S/C14H17FO2/c1-3-13-11(6-7-17-13)14(16)10-4-5-12(15)9(2)8-10/h4-5,8,11,13H,3,6-7H2,1-2H3. The molecule has 2 rings (SSSR count). The van der Waals surface area contributed by atoms with Crippen LogP contribution in [0.2, 0.25) is 0 Å². The van der Waals surface area contributed by atoms with Gasteiger partial charge in [0.1, 0.15) is 5.82 Å². The number of hydrogen-bond donors (Lipinski definition) is 0. The summed E-state index contributed by atoms with van der Waals surface area (Å²) in [6.07, 6.45) is 1.64. The SMILES string of the molecule is CCC1OCCC1C(=O)c1ccc(F)c(C)c1. The van der Waals surface area contributed by atoms with Crippen LogP contribution in [0.25, 0.3) is 0 Å². The van der Waals surface area contributed by atoms with E-state index in [1.165, 1.54) is 6.07 Å². The summed E-state index contributed by atoms with van der Waals surface area (Å²) in [5.74, 6) is -0.251. The van der Waals surface area contributed by atoms with E-state index in [4.69, 9.17) is 4.74 Å². The quantitative estimate of drug-likeness (QED) is 0.754. The van der Waals surface area contributed by atoms with Crippen LogP contribution in [0.5, 0.6) is 0 Å². The average Bonchev–Trinajstić information content (AvgIpc) is 2.80. The Hall–Kier alpha value is -1.22. The van der Waals surface area contributed by atoms with Crippen LogP contribution in [0.3, 0.4) is 0 Å². The molecule has 0 N–H and O–H groups in total. The van der Waals surface area contributed by atoms with Crippen molar-refractivity contribution in [2.75, 3.05) is 6.61 Å². The van der Waals surface area contributed by atoms with Gasteiger partial charge in [-0.1, -0.05) is 6.92 Å². The normalized spacial score (nSPS) is 23.9. The summed E-state index contributed by atoms with van der Waals surface area (Å²) in [6.45, 7) is 4.34. The van der Waals surface area contributed by atoms with Crippen LogP contribution in [0.1, 0.15) is 35.7 Å². The minimum atomic E-state index is -0.267. The van der Waals surface area contributed by atoms with E-state index in [9.17, 15) is 9.18 Å². The van der Waals surface area contributed by atoms with Gasteiger partial charge in [-0.05, 0) is 43.5 Å². The van der Waals surface area contributed by atoms with Crippen LogP contribution in [0.4, 0.5) is 4.39 Å². The van der Waals surface area contributed by atoms with Crippen molar-refractivity contribution in [2.24, 2.45) is 5.92 Å². The zero-order chi connectivity index (χ0) is 12.4. The summed E-state index contributed by atoms with van der Waals surface area (Å²) >= 11 is 0. The van der Waals surface area contributed by atoms with E-state index in [0.717, 1.165) is 12.8 Å². The maximum Gasteiger partial charge on any atom is 0.168 e. The highest BCUT2D eigenvalue weighted by molar-refractivity contribution is 5.98. The summed E-state index contributed by atoms with van der Waals surface area (Å²) < 4.78 is 18.7. The van der Waals surface area contributed by atoms with Crippen molar-refractivity contribution >= 4 is 5.78 Å². The highest BCUT2D eigenvalue weighted by Crippen LogP contribution is 2.27. The molecule has 0 amide bonds. The summed E-state index contributed by atoms with van der Waals surface area (Å²) in [5.41, 5.74) is 1.11. The van der Waals surface area contributed by atoms with E-state index in [-0.39, 0.29) is 23.6 Å². The maximum atomic E-state index is 13.1. The molecule has 1 saturated heterocycles. The average molecular weight is 236 g/mol. The molecular weight excluding hydrogens is 219 g/mol. The monoisotopic (exact) mass is 236 g/mol. The van der Waals surface area contributed by atoms with E-state index >= 15 is 0 Å². The minimum absolute atomic E-state index is 0.0212. The number of benzene rings is 1. The molecule has 0 aromatic heterocycles. The Balaban J connectivity index is 2.21. The Kier molecular flexibility index (Phi) is 3.57. The summed E-state index contributed by atoms with van der Waals surface area (Å²) in [4.78, 5) is 12.3. The predicted octanol–water partition coefficient (Wildman–Crippen LogP) is 3.13. The van der Waals surface area contributed by atoms with Crippen LogP contribution in [0.15, 0.2) is 18.2 Å². The van der Waals surface area contributed by atoms with Crippen molar-refractivity contribution in [1.82, 2.24) is 0 Å². The van der Waals surface area contributed by atoms with Crippen molar-refractivity contribution in [3.05, 3.63) is 35.1 Å². The predicted molar refractivity (Wildman–Crippen MR) is 63.6 cm³/mol. The van der Waals surface area contributed by atoms with E-state index in [1.807, 2.05) is 6.92 Å². The Morgan fingerprint density at radius 1 is 1.53 bits per heavy atom. The highest BCUT2D eigenvalue weighted by atomic mass is 19.1. The number of ketones is 1. The van der Waals surface area contributed by atoms with Gasteiger partial charge in [-0.2, -0.15) is 0 Å². The van der Waals surface area contributed by atoms with Crippen LogP contribution in [-0.4, -0.2) is 18.5 Å². The number of Topliss-reactive ketones (excluding diaryl/α,β-unsaturated/α-hetero) is 1. The van der Waals surface area contributed by atoms with Crippen LogP contribution in [0, 0.1) is 18.7 Å². The van der Waals surface area contributed by atoms with Gasteiger partial charge in [-0.15, -0.1) is 0 Å². The first-order valence-electron chi connectivity index (χ1n) is 6.05. The van der Waals surface area contributed by atoms with E-state index in [2.05, 4.69) is 0 Å². The van der Waals surface area contributed by atoms with Crippen molar-refractivity contribution in [3.8, 4) is 0 Å². The second-order valence-electron chi connectivity index (χ2n) is 4.54. The van der Waals surface area contributed by atoms with Gasteiger partial charge in [0.15, 0.2) is 5.78 Å². The molecule has 92 valence electrons. The van der Waals surface area contributed by atoms with Crippen molar-refractivity contribution < 1.29 is 13.9 Å². The lowest BCUT2D eigenvalue weighted by molar-refractivity contribution is 0.0689. The number of carbonyl (C=O) groups excluding carboxylic acids is 1. The lowest BCUT2D eigenvalue weighted by Gasteiger charge is -2.15. The van der Waals surface area contributed by atoms with Gasteiger partial charge < -0.3 is 4.74 Å². The number of hydrogen-bond acceptors (Lipinski definition) is 2. The fourth-order valence-electron chi connectivity index (χ4n) is 2.36. The molecule has 2 nitrogen and oxygen atoms in total. The Bertz CT molecular complexity index is 428. The molecule has 0 spiro atoms. The van der Waals surface area contributed by atoms with Gasteiger partial charge in [-0.25, -0.2) is 4.39 Å². The number of rotatable bonds is 3. The maximum absolute atomic E-state index is 13.1.